The van der Waals surface area contributed by atoms with Gasteiger partial charge in [-0.3, -0.25) is 4.79 Å². The number of methoxy groups -OCH3 is 2. The van der Waals surface area contributed by atoms with Crippen molar-refractivity contribution in [1.29, 1.82) is 0 Å². The fourth-order valence-corrected chi connectivity index (χ4v) is 2.22. The number of halogens is 1. The molecular weight excluding hydrogens is 313 g/mol. The van der Waals surface area contributed by atoms with E-state index in [0.29, 0.717) is 11.1 Å². The molecule has 0 aromatic heterocycles. The summed E-state index contributed by atoms with van der Waals surface area (Å²) in [4.78, 5) is 23.8. The average molecular weight is 331 g/mol. The molecule has 0 aliphatic carbocycles. The van der Waals surface area contributed by atoms with Crippen molar-refractivity contribution in [2.24, 2.45) is 0 Å². The maximum absolute atomic E-state index is 13.8. The van der Waals surface area contributed by atoms with Crippen LogP contribution in [0.2, 0.25) is 0 Å². The molecule has 0 radical (unpaired) electrons. The number of ether oxygens (including phenoxy) is 2. The predicted molar refractivity (Wildman–Crippen MR) is 86.6 cm³/mol. The molecule has 1 unspecified atom stereocenters. The van der Waals surface area contributed by atoms with E-state index in [1.807, 2.05) is 0 Å². The van der Waals surface area contributed by atoms with Gasteiger partial charge in [0.05, 0.1) is 25.8 Å². The van der Waals surface area contributed by atoms with Crippen molar-refractivity contribution in [3.63, 3.8) is 0 Å². The van der Waals surface area contributed by atoms with Gasteiger partial charge in [-0.1, -0.05) is 12.1 Å². The van der Waals surface area contributed by atoms with Crippen LogP contribution in [0, 0.1) is 5.82 Å². The number of rotatable bonds is 5. The van der Waals surface area contributed by atoms with Crippen LogP contribution in [-0.4, -0.2) is 26.1 Å². The highest BCUT2D eigenvalue weighted by atomic mass is 19.1. The molecule has 1 N–H and O–H groups in total. The summed E-state index contributed by atoms with van der Waals surface area (Å²) in [6, 6.07) is 10.3. The summed E-state index contributed by atoms with van der Waals surface area (Å²) in [5.41, 5.74) is 1.21. The quantitative estimate of drug-likeness (QED) is 0.855. The van der Waals surface area contributed by atoms with Crippen molar-refractivity contribution in [2.75, 3.05) is 14.2 Å². The second kappa shape index (κ2) is 7.59. The van der Waals surface area contributed by atoms with Gasteiger partial charge >= 0.3 is 5.97 Å². The van der Waals surface area contributed by atoms with E-state index in [2.05, 4.69) is 10.1 Å². The highest BCUT2D eigenvalue weighted by molar-refractivity contribution is 5.98. The van der Waals surface area contributed by atoms with Crippen LogP contribution in [0.1, 0.15) is 39.2 Å². The van der Waals surface area contributed by atoms with Crippen LogP contribution >= 0.6 is 0 Å². The van der Waals surface area contributed by atoms with Crippen LogP contribution in [0.15, 0.2) is 42.5 Å². The van der Waals surface area contributed by atoms with Crippen molar-refractivity contribution in [2.45, 2.75) is 13.0 Å². The van der Waals surface area contributed by atoms with Gasteiger partial charge in [0.1, 0.15) is 0 Å². The lowest BCUT2D eigenvalue weighted by Gasteiger charge is -2.15. The monoisotopic (exact) mass is 331 g/mol. The Morgan fingerprint density at radius 2 is 1.79 bits per heavy atom. The van der Waals surface area contributed by atoms with Gasteiger partial charge in [0.25, 0.3) is 5.91 Å². The Bertz CT molecular complexity index is 760. The first kappa shape index (κ1) is 17.5. The molecule has 126 valence electrons. The first-order valence-electron chi connectivity index (χ1n) is 7.29. The van der Waals surface area contributed by atoms with Crippen LogP contribution in [0.4, 0.5) is 4.39 Å². The van der Waals surface area contributed by atoms with Crippen molar-refractivity contribution < 1.29 is 23.5 Å². The van der Waals surface area contributed by atoms with E-state index in [9.17, 15) is 14.0 Å². The third kappa shape index (κ3) is 3.90. The minimum absolute atomic E-state index is 0.142. The topological polar surface area (TPSA) is 64.6 Å². The van der Waals surface area contributed by atoms with Gasteiger partial charge < -0.3 is 14.8 Å². The summed E-state index contributed by atoms with van der Waals surface area (Å²) in [6.45, 7) is 1.74. The minimum Gasteiger partial charge on any atom is -0.494 e. The Hall–Kier alpha value is -2.89. The van der Waals surface area contributed by atoms with Gasteiger partial charge in [0.2, 0.25) is 0 Å². The van der Waals surface area contributed by atoms with Crippen LogP contribution in [0.3, 0.4) is 0 Å². The molecule has 0 fully saturated rings. The number of carbonyl (C=O) groups is 2. The lowest BCUT2D eigenvalue weighted by molar-refractivity contribution is 0.0600. The number of benzene rings is 2. The van der Waals surface area contributed by atoms with E-state index in [0.717, 1.165) is 0 Å². The molecule has 0 saturated carbocycles. The average Bonchev–Trinajstić information content (AvgIpc) is 2.60. The van der Waals surface area contributed by atoms with Gasteiger partial charge in [-0.05, 0) is 42.8 Å². The third-order valence-corrected chi connectivity index (χ3v) is 3.57. The first-order chi connectivity index (χ1) is 11.5. The Kier molecular flexibility index (Phi) is 5.52. The van der Waals surface area contributed by atoms with Gasteiger partial charge in [-0.25, -0.2) is 9.18 Å². The molecule has 0 saturated heterocycles. The largest absolute Gasteiger partial charge is 0.494 e. The third-order valence-electron chi connectivity index (χ3n) is 3.57. The lowest BCUT2D eigenvalue weighted by atomic mass is 10.1. The summed E-state index contributed by atoms with van der Waals surface area (Å²) in [5, 5.41) is 2.76. The second-order valence-corrected chi connectivity index (χ2v) is 5.16. The van der Waals surface area contributed by atoms with Crippen LogP contribution in [0.5, 0.6) is 5.75 Å². The molecular formula is C18H18FNO4. The van der Waals surface area contributed by atoms with Gasteiger partial charge in [0, 0.05) is 5.56 Å². The van der Waals surface area contributed by atoms with E-state index in [-0.39, 0.29) is 17.2 Å². The molecule has 24 heavy (non-hydrogen) atoms. The normalized spacial score (nSPS) is 11.5. The molecule has 0 heterocycles. The van der Waals surface area contributed by atoms with E-state index in [1.54, 1.807) is 31.2 Å². The Morgan fingerprint density at radius 3 is 2.42 bits per heavy atom. The summed E-state index contributed by atoms with van der Waals surface area (Å²) < 4.78 is 23.3. The lowest BCUT2D eigenvalue weighted by Crippen LogP contribution is -2.27. The van der Waals surface area contributed by atoms with Crippen LogP contribution in [-0.2, 0) is 4.74 Å². The summed E-state index contributed by atoms with van der Waals surface area (Å²) in [7, 11) is 2.66. The van der Waals surface area contributed by atoms with Gasteiger partial charge in [0.15, 0.2) is 11.6 Å². The van der Waals surface area contributed by atoms with Crippen LogP contribution < -0.4 is 10.1 Å². The number of hydrogen-bond donors (Lipinski definition) is 1. The highest BCUT2D eigenvalue weighted by Crippen LogP contribution is 2.22. The van der Waals surface area contributed by atoms with Crippen molar-refractivity contribution in [3.8, 4) is 5.75 Å². The zero-order chi connectivity index (χ0) is 17.7. The molecule has 0 bridgehead atoms. The standard InChI is InChI=1S/C18H18FNO4/c1-11(12-7-8-16(23-2)15(19)10-12)20-17(21)13-5-4-6-14(9-13)18(22)24-3/h4-11H,1-3H3,(H,20,21). The van der Waals surface area contributed by atoms with Gasteiger partial charge in [-0.15, -0.1) is 0 Å². The molecule has 2 aromatic carbocycles. The molecule has 6 heteroatoms. The fourth-order valence-electron chi connectivity index (χ4n) is 2.22. The zero-order valence-electron chi connectivity index (χ0n) is 13.6. The predicted octanol–water partition coefficient (Wildman–Crippen LogP) is 3.11. The maximum Gasteiger partial charge on any atom is 0.337 e. The first-order valence-corrected chi connectivity index (χ1v) is 7.29. The number of nitrogens with one attached hydrogen (secondary N) is 1. The fraction of sp³-hybridized carbons (Fsp3) is 0.222. The summed E-state index contributed by atoms with van der Waals surface area (Å²) in [5.74, 6) is -1.24. The van der Waals surface area contributed by atoms with E-state index < -0.39 is 17.8 Å². The Labute approximate surface area is 139 Å². The van der Waals surface area contributed by atoms with Crippen molar-refractivity contribution in [1.82, 2.24) is 5.32 Å². The summed E-state index contributed by atoms with van der Waals surface area (Å²) >= 11 is 0. The van der Waals surface area contributed by atoms with E-state index in [1.165, 1.54) is 32.4 Å². The number of esters is 1. The SMILES string of the molecule is COC(=O)c1cccc(C(=O)NC(C)c2ccc(OC)c(F)c2)c1. The minimum atomic E-state index is -0.519. The van der Waals surface area contributed by atoms with E-state index >= 15 is 0 Å². The molecule has 1 atom stereocenters. The second-order valence-electron chi connectivity index (χ2n) is 5.16. The number of carbonyl (C=O) groups excluding carboxylic acids is 2. The molecule has 0 aliphatic heterocycles. The molecule has 0 spiro atoms. The highest BCUT2D eigenvalue weighted by Gasteiger charge is 2.15. The molecule has 2 rings (SSSR count). The molecule has 0 aliphatic rings. The van der Waals surface area contributed by atoms with Crippen molar-refractivity contribution >= 4 is 11.9 Å². The van der Waals surface area contributed by atoms with Crippen LogP contribution in [0.25, 0.3) is 0 Å². The Balaban J connectivity index is 2.14. The number of hydrogen-bond acceptors (Lipinski definition) is 4. The maximum atomic E-state index is 13.8. The Morgan fingerprint density at radius 1 is 1.08 bits per heavy atom. The van der Waals surface area contributed by atoms with Crippen molar-refractivity contribution in [3.05, 3.63) is 65.0 Å². The summed E-state index contributed by atoms with van der Waals surface area (Å²) in [6.07, 6.45) is 0. The molecule has 2 aromatic rings. The van der Waals surface area contributed by atoms with E-state index in [4.69, 9.17) is 4.74 Å². The molecule has 1 amide bonds. The smallest absolute Gasteiger partial charge is 0.337 e. The zero-order valence-corrected chi connectivity index (χ0v) is 13.6. The van der Waals surface area contributed by atoms with Gasteiger partial charge in [-0.2, -0.15) is 0 Å². The number of amides is 1. The molecule has 5 nitrogen and oxygen atoms in total.